The molecule has 0 aliphatic heterocycles. The van der Waals surface area contributed by atoms with E-state index in [1.807, 2.05) is 20.8 Å². The Labute approximate surface area is 216 Å². The van der Waals surface area contributed by atoms with Crippen LogP contribution in [-0.2, 0) is 4.79 Å². The summed E-state index contributed by atoms with van der Waals surface area (Å²) in [6, 6.07) is 0. The Balaban J connectivity index is 1.61. The Hall–Kier alpha value is -0.790. The van der Waals surface area contributed by atoms with Gasteiger partial charge in [0.15, 0.2) is 5.78 Å². The molecule has 6 heteroatoms. The van der Waals surface area contributed by atoms with E-state index in [9.17, 15) is 30.3 Å². The summed E-state index contributed by atoms with van der Waals surface area (Å²) in [4.78, 5) is 14.0. The lowest BCUT2D eigenvalue weighted by atomic mass is 9.42. The topological polar surface area (TPSA) is 118 Å². The van der Waals surface area contributed by atoms with Gasteiger partial charge in [0, 0.05) is 23.3 Å². The zero-order valence-electron chi connectivity index (χ0n) is 23.2. The maximum Gasteiger partial charge on any atom is 0.159 e. The second-order valence-electron chi connectivity index (χ2n) is 15.0. The van der Waals surface area contributed by atoms with Gasteiger partial charge >= 0.3 is 0 Å². The highest BCUT2D eigenvalue weighted by atomic mass is 16.3. The third kappa shape index (κ3) is 3.17. The monoisotopic (exact) mass is 504 g/mol. The molecule has 0 aromatic rings. The van der Waals surface area contributed by atoms with E-state index in [2.05, 4.69) is 13.8 Å². The largest absolute Gasteiger partial charge is 0.393 e. The molecule has 0 saturated heterocycles. The van der Waals surface area contributed by atoms with Crippen molar-refractivity contribution < 1.29 is 30.3 Å². The Morgan fingerprint density at radius 3 is 2.14 bits per heavy atom. The van der Waals surface area contributed by atoms with Gasteiger partial charge in [-0.3, -0.25) is 4.79 Å². The number of aliphatic hydroxyl groups is 5. The molecule has 0 heterocycles. The van der Waals surface area contributed by atoms with Gasteiger partial charge in [0.25, 0.3) is 0 Å². The van der Waals surface area contributed by atoms with Gasteiger partial charge in [-0.15, -0.1) is 0 Å². The van der Waals surface area contributed by atoms with E-state index >= 15 is 0 Å². The van der Waals surface area contributed by atoms with E-state index in [-0.39, 0.29) is 29.5 Å². The molecule has 204 valence electrons. The summed E-state index contributed by atoms with van der Waals surface area (Å²) >= 11 is 0. The third-order valence-electron chi connectivity index (χ3n) is 12.7. The summed E-state index contributed by atoms with van der Waals surface area (Å²) in [5.41, 5.74) is -1.77. The lowest BCUT2D eigenvalue weighted by molar-refractivity contribution is -0.141. The van der Waals surface area contributed by atoms with E-state index in [1.165, 1.54) is 0 Å². The number of rotatable bonds is 2. The molecule has 0 amide bonds. The van der Waals surface area contributed by atoms with Gasteiger partial charge in [0.2, 0.25) is 0 Å². The number of fused-ring (bicyclic) bond motifs is 4. The zero-order chi connectivity index (χ0) is 26.8. The molecular weight excluding hydrogens is 456 g/mol. The van der Waals surface area contributed by atoms with Crippen LogP contribution in [0.4, 0.5) is 0 Å². The molecular formula is C30H48O6. The van der Waals surface area contributed by atoms with Crippen molar-refractivity contribution in [3.63, 3.8) is 0 Å². The Morgan fingerprint density at radius 1 is 0.917 bits per heavy atom. The van der Waals surface area contributed by atoms with Crippen molar-refractivity contribution in [2.75, 3.05) is 0 Å². The minimum atomic E-state index is -0.987. The van der Waals surface area contributed by atoms with Crippen LogP contribution in [0.3, 0.4) is 0 Å². The molecule has 0 aromatic carbocycles. The van der Waals surface area contributed by atoms with Crippen LogP contribution < -0.4 is 0 Å². The maximum atomic E-state index is 14.0. The highest BCUT2D eigenvalue weighted by Gasteiger charge is 2.71. The van der Waals surface area contributed by atoms with E-state index in [4.69, 9.17) is 0 Å². The second kappa shape index (κ2) is 7.88. The molecule has 0 aromatic heterocycles. The molecule has 0 radical (unpaired) electrons. The third-order valence-corrected chi connectivity index (χ3v) is 12.7. The van der Waals surface area contributed by atoms with Gasteiger partial charge < -0.3 is 25.5 Å². The molecule has 3 fully saturated rings. The Kier molecular flexibility index (Phi) is 5.86. The molecule has 3 saturated carbocycles. The number of hydrogen-bond acceptors (Lipinski definition) is 6. The number of carbonyl (C=O) groups excluding carboxylic acids is 1. The van der Waals surface area contributed by atoms with Gasteiger partial charge in [-0.1, -0.05) is 34.6 Å². The van der Waals surface area contributed by atoms with Crippen molar-refractivity contribution in [2.45, 2.75) is 123 Å². The summed E-state index contributed by atoms with van der Waals surface area (Å²) in [6.45, 7) is 13.9. The summed E-state index contributed by atoms with van der Waals surface area (Å²) in [7, 11) is 0. The summed E-state index contributed by atoms with van der Waals surface area (Å²) in [6.07, 6.45) is 1.37. The van der Waals surface area contributed by atoms with Crippen molar-refractivity contribution in [3.05, 3.63) is 11.1 Å². The van der Waals surface area contributed by atoms with Crippen LogP contribution in [0.1, 0.15) is 93.4 Å². The number of carbonyl (C=O) groups is 1. The zero-order valence-corrected chi connectivity index (χ0v) is 23.2. The highest BCUT2D eigenvalue weighted by molar-refractivity contribution is 6.00. The van der Waals surface area contributed by atoms with Crippen LogP contribution in [0, 0.1) is 45.3 Å². The van der Waals surface area contributed by atoms with E-state index in [1.54, 1.807) is 13.8 Å². The fourth-order valence-electron chi connectivity index (χ4n) is 10.4. The maximum absolute atomic E-state index is 14.0. The predicted octanol–water partition coefficient (Wildman–Crippen LogP) is 3.38. The van der Waals surface area contributed by atoms with Gasteiger partial charge in [0.1, 0.15) is 0 Å². The molecule has 36 heavy (non-hydrogen) atoms. The summed E-state index contributed by atoms with van der Waals surface area (Å²) in [5, 5.41) is 56.4. The first-order valence-electron chi connectivity index (χ1n) is 14.1. The summed E-state index contributed by atoms with van der Waals surface area (Å²) < 4.78 is 0. The standard InChI is InChI=1S/C30H48O6/c1-26(2)20-13-18(31)24-23(28(20,5)11-10-21(26)33)19(32)14-29(6)17(12-22(34)30(24,29)7)15-8-9-16(25(15)35)27(3,4)36/h15-17,19-22,25,32-36H,8-14H2,1-7H3/t15-,16+,17-,19-,20+,21-,22+,25+,28+,29-,30+/m1/s1. The minimum Gasteiger partial charge on any atom is -0.393 e. The van der Waals surface area contributed by atoms with E-state index in [0.717, 1.165) is 18.4 Å². The minimum absolute atomic E-state index is 0.00293. The van der Waals surface area contributed by atoms with E-state index in [0.29, 0.717) is 37.7 Å². The average Bonchev–Trinajstić information content (AvgIpc) is 3.23. The number of aliphatic hydroxyl groups excluding tert-OH is 4. The van der Waals surface area contributed by atoms with Crippen LogP contribution >= 0.6 is 0 Å². The summed E-state index contributed by atoms with van der Waals surface area (Å²) in [5.74, 6) is -0.455. The molecule has 5 rings (SSSR count). The molecule has 5 aliphatic carbocycles. The Bertz CT molecular complexity index is 978. The first-order chi connectivity index (χ1) is 16.4. The Morgan fingerprint density at radius 2 is 1.56 bits per heavy atom. The van der Waals surface area contributed by atoms with Gasteiger partial charge in [0.05, 0.1) is 30.0 Å². The van der Waals surface area contributed by atoms with Crippen LogP contribution in [0.15, 0.2) is 11.1 Å². The fraction of sp³-hybridized carbons (Fsp3) is 0.900. The van der Waals surface area contributed by atoms with Gasteiger partial charge in [-0.2, -0.15) is 0 Å². The number of ketones is 1. The molecule has 0 spiro atoms. The smallest absolute Gasteiger partial charge is 0.159 e. The quantitative estimate of drug-likeness (QED) is 0.394. The lowest BCUT2D eigenvalue weighted by Crippen LogP contribution is -2.61. The predicted molar refractivity (Wildman–Crippen MR) is 137 cm³/mol. The SMILES string of the molecule is CC(C)(O)[C@H]1CC[C@H]([C@H]2C[C@H](O)[C@@]3(C)C4=C([C@H](O)C[C@]23C)[C@@]2(C)CC[C@@H](O)C(C)(C)[C@@H]2CC4=O)[C@@H]1O. The van der Waals surface area contributed by atoms with Crippen molar-refractivity contribution >= 4 is 5.78 Å². The molecule has 5 N–H and O–H groups in total. The molecule has 0 unspecified atom stereocenters. The number of hydrogen-bond donors (Lipinski definition) is 5. The van der Waals surface area contributed by atoms with Crippen molar-refractivity contribution in [2.24, 2.45) is 45.3 Å². The molecule has 6 nitrogen and oxygen atoms in total. The van der Waals surface area contributed by atoms with Gasteiger partial charge in [-0.25, -0.2) is 0 Å². The molecule has 0 bridgehead atoms. The average molecular weight is 505 g/mol. The van der Waals surface area contributed by atoms with Crippen LogP contribution in [0.2, 0.25) is 0 Å². The second-order valence-corrected chi connectivity index (χ2v) is 15.0. The van der Waals surface area contributed by atoms with E-state index < -0.39 is 51.7 Å². The fourth-order valence-corrected chi connectivity index (χ4v) is 10.4. The first kappa shape index (κ1) is 26.8. The normalized spacial score (nSPS) is 52.7. The first-order valence-corrected chi connectivity index (χ1v) is 14.1. The van der Waals surface area contributed by atoms with Crippen molar-refractivity contribution in [3.8, 4) is 0 Å². The molecule has 5 aliphatic rings. The van der Waals surface area contributed by atoms with Crippen LogP contribution in [0.25, 0.3) is 0 Å². The highest BCUT2D eigenvalue weighted by Crippen LogP contribution is 2.72. The number of Topliss-reactive ketones (excluding diaryl/α,β-unsaturated/α-hetero) is 1. The molecule has 11 atom stereocenters. The van der Waals surface area contributed by atoms with Crippen molar-refractivity contribution in [1.29, 1.82) is 0 Å². The van der Waals surface area contributed by atoms with Crippen LogP contribution in [-0.4, -0.2) is 61.3 Å². The lowest BCUT2D eigenvalue weighted by Gasteiger charge is -2.62. The van der Waals surface area contributed by atoms with Gasteiger partial charge in [-0.05, 0) is 91.9 Å². The van der Waals surface area contributed by atoms with Crippen LogP contribution in [0.5, 0.6) is 0 Å². The van der Waals surface area contributed by atoms with Crippen molar-refractivity contribution in [1.82, 2.24) is 0 Å².